The van der Waals surface area contributed by atoms with Crippen LogP contribution in [0.1, 0.15) is 62.4 Å². The Morgan fingerprint density at radius 3 is 2.80 bits per heavy atom. The van der Waals surface area contributed by atoms with Gasteiger partial charge in [0, 0.05) is 37.4 Å². The molecule has 1 aliphatic carbocycles. The SMILES string of the molecule is CCC(C)C(C(=O)N[C@H]1CCc2ccn3c2C1C(=O)C[C@H](C(=O)NCc1cn[nH]n1)C3)N(CCC(=O)O)C(=O)COCCF. The van der Waals surface area contributed by atoms with Crippen LogP contribution in [0.2, 0.25) is 0 Å². The summed E-state index contributed by atoms with van der Waals surface area (Å²) < 4.78 is 19.6. The van der Waals surface area contributed by atoms with Crippen LogP contribution in [0.25, 0.3) is 0 Å². The number of hydrogen-bond donors (Lipinski definition) is 4. The zero-order valence-electron chi connectivity index (χ0n) is 25.0. The van der Waals surface area contributed by atoms with Crippen molar-refractivity contribution in [3.63, 3.8) is 0 Å². The second-order valence-corrected chi connectivity index (χ2v) is 11.4. The smallest absolute Gasteiger partial charge is 0.305 e. The maximum atomic E-state index is 14.0. The first-order chi connectivity index (χ1) is 21.1. The van der Waals surface area contributed by atoms with E-state index in [1.807, 2.05) is 23.8 Å². The van der Waals surface area contributed by atoms with Gasteiger partial charge in [0.1, 0.15) is 30.8 Å². The Kier molecular flexibility index (Phi) is 11.2. The van der Waals surface area contributed by atoms with Crippen molar-refractivity contribution in [1.82, 2.24) is 35.5 Å². The number of ketones is 1. The van der Waals surface area contributed by atoms with Gasteiger partial charge in [0.25, 0.3) is 0 Å². The van der Waals surface area contributed by atoms with Crippen molar-refractivity contribution < 1.29 is 38.2 Å². The number of carbonyl (C=O) groups excluding carboxylic acids is 4. The Balaban J connectivity index is 1.54. The highest BCUT2D eigenvalue weighted by Crippen LogP contribution is 2.38. The van der Waals surface area contributed by atoms with Crippen molar-refractivity contribution in [1.29, 1.82) is 0 Å². The van der Waals surface area contributed by atoms with Gasteiger partial charge in [-0.25, -0.2) is 4.39 Å². The molecule has 0 saturated heterocycles. The number of aromatic amines is 1. The average Bonchev–Trinajstić information content (AvgIpc) is 3.64. The lowest BCUT2D eigenvalue weighted by Gasteiger charge is -2.37. The zero-order valence-corrected chi connectivity index (χ0v) is 25.0. The lowest BCUT2D eigenvalue weighted by molar-refractivity contribution is -0.148. The Labute approximate surface area is 254 Å². The summed E-state index contributed by atoms with van der Waals surface area (Å²) in [6, 6.07) is 0.304. The van der Waals surface area contributed by atoms with E-state index in [1.165, 1.54) is 11.1 Å². The predicted molar refractivity (Wildman–Crippen MR) is 153 cm³/mol. The number of aliphatic carboxylic acids is 1. The van der Waals surface area contributed by atoms with Crippen LogP contribution >= 0.6 is 0 Å². The Hall–Kier alpha value is -4.14. The molecule has 0 spiro atoms. The van der Waals surface area contributed by atoms with Crippen molar-refractivity contribution in [2.24, 2.45) is 11.8 Å². The largest absolute Gasteiger partial charge is 0.481 e. The predicted octanol–water partition coefficient (Wildman–Crippen LogP) is 0.730. The molecule has 3 heterocycles. The van der Waals surface area contributed by atoms with Crippen molar-refractivity contribution in [2.45, 2.75) is 77.0 Å². The van der Waals surface area contributed by atoms with E-state index in [0.717, 1.165) is 11.3 Å². The first kappa shape index (κ1) is 32.8. The number of Topliss-reactive ketones (excluding diaryl/α,β-unsaturated/α-hetero) is 1. The fourth-order valence-electron chi connectivity index (χ4n) is 6.09. The average molecular weight is 618 g/mol. The van der Waals surface area contributed by atoms with E-state index in [2.05, 4.69) is 26.0 Å². The van der Waals surface area contributed by atoms with Crippen molar-refractivity contribution in [3.05, 3.63) is 35.4 Å². The minimum absolute atomic E-state index is 0.0211. The highest BCUT2D eigenvalue weighted by Gasteiger charge is 2.44. The Morgan fingerprint density at radius 2 is 2.11 bits per heavy atom. The van der Waals surface area contributed by atoms with E-state index >= 15 is 0 Å². The van der Waals surface area contributed by atoms with Crippen molar-refractivity contribution >= 4 is 29.5 Å². The molecule has 2 aromatic rings. The molecule has 5 atom stereocenters. The summed E-state index contributed by atoms with van der Waals surface area (Å²) in [5.74, 6) is -4.41. The van der Waals surface area contributed by atoms with Gasteiger partial charge < -0.3 is 29.9 Å². The molecule has 44 heavy (non-hydrogen) atoms. The maximum Gasteiger partial charge on any atom is 0.305 e. The summed E-state index contributed by atoms with van der Waals surface area (Å²) in [5, 5.41) is 25.3. The van der Waals surface area contributed by atoms with Gasteiger partial charge in [-0.15, -0.1) is 0 Å². The van der Waals surface area contributed by atoms with Crippen LogP contribution in [0.15, 0.2) is 18.5 Å². The summed E-state index contributed by atoms with van der Waals surface area (Å²) in [6.45, 7) is 2.29. The standard InChI is InChI=1S/C29H40FN7O7/c1-3-17(2)26(37(10-7-24(40)41)23(39)16-44-11-8-30)29(43)33-21-5-4-18-6-9-36-15-19(12-22(38)25(21)27(18)36)28(42)31-13-20-14-32-35-34-20/h6,9,14,17,19,21,25-26H,3-5,7-8,10-13,15-16H2,1-2H3,(H,31,42)(H,33,43)(H,40,41)(H,32,34,35)/t17?,19-,21-,25?,26?/m0/s1. The minimum atomic E-state index is -1.14. The summed E-state index contributed by atoms with van der Waals surface area (Å²) in [5.41, 5.74) is 2.32. The van der Waals surface area contributed by atoms with Crippen LogP contribution in [0, 0.1) is 11.8 Å². The van der Waals surface area contributed by atoms with Crippen LogP contribution in [0.3, 0.4) is 0 Å². The lowest BCUT2D eigenvalue weighted by Crippen LogP contribution is -2.57. The molecule has 0 radical (unpaired) electrons. The van der Waals surface area contributed by atoms with Gasteiger partial charge >= 0.3 is 5.97 Å². The number of halogens is 1. The topological polar surface area (TPSA) is 189 Å². The van der Waals surface area contributed by atoms with Crippen LogP contribution in [-0.4, -0.2) is 98.0 Å². The highest BCUT2D eigenvalue weighted by atomic mass is 19.1. The van der Waals surface area contributed by atoms with Gasteiger partial charge in [0.2, 0.25) is 17.7 Å². The van der Waals surface area contributed by atoms with E-state index in [0.29, 0.717) is 31.5 Å². The molecule has 4 rings (SSSR count). The first-order valence-corrected chi connectivity index (χ1v) is 14.9. The minimum Gasteiger partial charge on any atom is -0.481 e. The van der Waals surface area contributed by atoms with Crippen LogP contribution < -0.4 is 10.6 Å². The lowest BCUT2D eigenvalue weighted by atomic mass is 9.79. The van der Waals surface area contributed by atoms with Gasteiger partial charge in [-0.1, -0.05) is 20.3 Å². The number of alkyl halides is 1. The molecule has 3 unspecified atom stereocenters. The van der Waals surface area contributed by atoms with Gasteiger partial charge in [0.05, 0.1) is 37.6 Å². The van der Waals surface area contributed by atoms with E-state index in [-0.39, 0.29) is 43.7 Å². The number of aromatic nitrogens is 4. The number of hydrogen-bond acceptors (Lipinski definition) is 8. The Morgan fingerprint density at radius 1 is 1.32 bits per heavy atom. The molecule has 15 heteroatoms. The molecule has 3 amide bonds. The molecule has 0 aromatic carbocycles. The third-order valence-corrected chi connectivity index (χ3v) is 8.46. The van der Waals surface area contributed by atoms with Gasteiger partial charge in [-0.3, -0.25) is 24.0 Å². The molecule has 0 saturated carbocycles. The number of nitrogens with zero attached hydrogens (tertiary/aromatic N) is 4. The number of amides is 3. The molecular weight excluding hydrogens is 577 g/mol. The van der Waals surface area contributed by atoms with Crippen molar-refractivity contribution in [2.75, 3.05) is 26.4 Å². The van der Waals surface area contributed by atoms with E-state index in [1.54, 1.807) is 6.92 Å². The molecule has 2 aliphatic rings. The number of nitrogens with one attached hydrogen (secondary N) is 3. The molecule has 1 aliphatic heterocycles. The number of ether oxygens (including phenoxy) is 1. The number of carbonyl (C=O) groups is 5. The second-order valence-electron chi connectivity index (χ2n) is 11.4. The van der Waals surface area contributed by atoms with Gasteiger partial charge in [0.15, 0.2) is 0 Å². The molecule has 0 bridgehead atoms. The van der Waals surface area contributed by atoms with Crippen molar-refractivity contribution in [3.8, 4) is 0 Å². The third-order valence-electron chi connectivity index (χ3n) is 8.46. The highest BCUT2D eigenvalue weighted by molar-refractivity contribution is 5.94. The van der Waals surface area contributed by atoms with Crippen LogP contribution in [0.4, 0.5) is 4.39 Å². The van der Waals surface area contributed by atoms with E-state index in [9.17, 15) is 33.5 Å². The fraction of sp³-hybridized carbons (Fsp3) is 0.621. The summed E-state index contributed by atoms with van der Waals surface area (Å²) in [4.78, 5) is 66.6. The summed E-state index contributed by atoms with van der Waals surface area (Å²) in [7, 11) is 0. The Bertz CT molecular complexity index is 1330. The summed E-state index contributed by atoms with van der Waals surface area (Å²) in [6.07, 6.45) is 4.53. The first-order valence-electron chi connectivity index (χ1n) is 14.9. The zero-order chi connectivity index (χ0) is 31.8. The number of H-pyrrole nitrogens is 1. The van der Waals surface area contributed by atoms with Crippen LogP contribution in [0.5, 0.6) is 0 Å². The number of rotatable bonds is 15. The molecular formula is C29H40FN7O7. The van der Waals surface area contributed by atoms with E-state index in [4.69, 9.17) is 4.74 Å². The molecule has 240 valence electrons. The van der Waals surface area contributed by atoms with Gasteiger partial charge in [-0.2, -0.15) is 15.4 Å². The summed E-state index contributed by atoms with van der Waals surface area (Å²) >= 11 is 0. The molecule has 4 N–H and O–H groups in total. The number of aryl methyl sites for hydroxylation is 1. The monoisotopic (exact) mass is 617 g/mol. The number of carboxylic acid groups (broad SMARTS) is 1. The maximum absolute atomic E-state index is 14.0. The van der Waals surface area contributed by atoms with E-state index < -0.39 is 61.4 Å². The molecule has 0 fully saturated rings. The normalized spacial score (nSPS) is 20.6. The second kappa shape index (κ2) is 15.0. The quantitative estimate of drug-likeness (QED) is 0.209. The fourth-order valence-corrected chi connectivity index (χ4v) is 6.09. The number of carboxylic acids is 1. The van der Waals surface area contributed by atoms with Crippen LogP contribution in [-0.2, 0) is 48.2 Å². The molecule has 2 aromatic heterocycles. The molecule has 14 nitrogen and oxygen atoms in total. The third kappa shape index (κ3) is 7.68. The van der Waals surface area contributed by atoms with Gasteiger partial charge in [-0.05, 0) is 30.4 Å².